The summed E-state index contributed by atoms with van der Waals surface area (Å²) in [7, 11) is 0. The van der Waals surface area contributed by atoms with Crippen LogP contribution in [0.15, 0.2) is 49.1 Å². The normalized spacial score (nSPS) is 17.0. The van der Waals surface area contributed by atoms with Crippen LogP contribution in [0.1, 0.15) is 21.9 Å². The second-order valence-electron chi connectivity index (χ2n) is 6.12. The fourth-order valence-corrected chi connectivity index (χ4v) is 3.10. The highest BCUT2D eigenvalue weighted by Gasteiger charge is 2.28. The number of hydrogen-bond donors (Lipinski definition) is 1. The number of amides is 1. The van der Waals surface area contributed by atoms with Crippen LogP contribution >= 0.6 is 0 Å². The molecule has 1 aliphatic rings. The van der Waals surface area contributed by atoms with E-state index in [0.29, 0.717) is 31.2 Å². The molecule has 0 bridgehead atoms. The zero-order valence-corrected chi connectivity index (χ0v) is 13.9. The van der Waals surface area contributed by atoms with Crippen molar-refractivity contribution in [3.63, 3.8) is 0 Å². The highest BCUT2D eigenvalue weighted by Crippen LogP contribution is 2.19. The number of H-pyrrole nitrogens is 1. The molecule has 0 spiro atoms. The summed E-state index contributed by atoms with van der Waals surface area (Å²) in [6.07, 6.45) is 5.07. The van der Waals surface area contributed by atoms with E-state index in [-0.39, 0.29) is 12.0 Å². The van der Waals surface area contributed by atoms with E-state index < -0.39 is 0 Å². The molecule has 1 N–H and O–H groups in total. The smallest absolute Gasteiger partial charge is 0.274 e. The van der Waals surface area contributed by atoms with Crippen LogP contribution in [0.25, 0.3) is 0 Å². The molecule has 0 aromatic carbocycles. The van der Waals surface area contributed by atoms with Crippen LogP contribution in [0, 0.1) is 6.92 Å². The topological polar surface area (TPSA) is 76.0 Å². The predicted octanol–water partition coefficient (Wildman–Crippen LogP) is 2.02. The molecule has 4 rings (SSSR count). The van der Waals surface area contributed by atoms with Crippen molar-refractivity contribution in [3.05, 3.63) is 66.1 Å². The first-order valence-corrected chi connectivity index (χ1v) is 8.21. The summed E-state index contributed by atoms with van der Waals surface area (Å²) in [5.74, 6) is 0.467. The minimum Gasteiger partial charge on any atom is -0.471 e. The minimum atomic E-state index is -0.188. The van der Waals surface area contributed by atoms with Gasteiger partial charge in [-0.3, -0.25) is 4.79 Å². The molecule has 0 saturated heterocycles. The standard InChI is InChI=1S/C18H19N5O2/c1-13-17(21-12-20-13)18(24)23-9-14-5-4-8-22(14)10-15(11-23)25-16-6-2-3-7-19-16/h2-8,12,15H,9-11H2,1H3,(H,20,21). The third kappa shape index (κ3) is 3.13. The molecule has 4 heterocycles. The molecule has 25 heavy (non-hydrogen) atoms. The fraction of sp³-hybridized carbons (Fsp3) is 0.278. The molecule has 1 atom stereocenters. The van der Waals surface area contributed by atoms with E-state index in [1.54, 1.807) is 17.4 Å². The Labute approximate surface area is 145 Å². The summed E-state index contributed by atoms with van der Waals surface area (Å²) in [6, 6.07) is 9.57. The number of rotatable bonds is 3. The number of fused-ring (bicyclic) bond motifs is 1. The van der Waals surface area contributed by atoms with Crippen molar-refractivity contribution in [1.82, 2.24) is 24.4 Å². The molecule has 7 nitrogen and oxygen atoms in total. The quantitative estimate of drug-likeness (QED) is 0.793. The lowest BCUT2D eigenvalue weighted by atomic mass is 10.2. The molecule has 1 aliphatic heterocycles. The first-order valence-electron chi connectivity index (χ1n) is 8.21. The Morgan fingerprint density at radius 3 is 2.92 bits per heavy atom. The summed E-state index contributed by atoms with van der Waals surface area (Å²) in [4.78, 5) is 26.1. The highest BCUT2D eigenvalue weighted by molar-refractivity contribution is 5.93. The molecule has 3 aromatic heterocycles. The predicted molar refractivity (Wildman–Crippen MR) is 91.2 cm³/mol. The largest absolute Gasteiger partial charge is 0.471 e. The van der Waals surface area contributed by atoms with Gasteiger partial charge in [-0.25, -0.2) is 9.97 Å². The second-order valence-corrected chi connectivity index (χ2v) is 6.12. The maximum Gasteiger partial charge on any atom is 0.274 e. The van der Waals surface area contributed by atoms with Crippen LogP contribution in [0.3, 0.4) is 0 Å². The summed E-state index contributed by atoms with van der Waals surface area (Å²) in [6.45, 7) is 3.52. The van der Waals surface area contributed by atoms with Gasteiger partial charge < -0.3 is 19.2 Å². The fourth-order valence-electron chi connectivity index (χ4n) is 3.10. The Morgan fingerprint density at radius 1 is 1.24 bits per heavy atom. The van der Waals surface area contributed by atoms with Crippen LogP contribution in [0.5, 0.6) is 5.88 Å². The molecule has 1 amide bonds. The average molecular weight is 337 g/mol. The molecular formula is C18H19N5O2. The molecule has 7 heteroatoms. The lowest BCUT2D eigenvalue weighted by molar-refractivity contribution is 0.0640. The van der Waals surface area contributed by atoms with Gasteiger partial charge in [-0.1, -0.05) is 6.07 Å². The Morgan fingerprint density at radius 2 is 2.16 bits per heavy atom. The molecule has 0 radical (unpaired) electrons. The van der Waals surface area contributed by atoms with Gasteiger partial charge in [0.15, 0.2) is 0 Å². The Hall–Kier alpha value is -3.09. The molecule has 0 saturated carbocycles. The van der Waals surface area contributed by atoms with Crippen molar-refractivity contribution in [2.75, 3.05) is 6.54 Å². The third-order valence-electron chi connectivity index (χ3n) is 4.35. The number of imidazole rings is 1. The number of aryl methyl sites for hydroxylation is 1. The van der Waals surface area contributed by atoms with E-state index in [1.165, 1.54) is 0 Å². The van der Waals surface area contributed by atoms with Crippen molar-refractivity contribution >= 4 is 5.91 Å². The summed E-state index contributed by atoms with van der Waals surface area (Å²) >= 11 is 0. The molecule has 0 aliphatic carbocycles. The van der Waals surface area contributed by atoms with Crippen molar-refractivity contribution in [2.24, 2.45) is 0 Å². The SMILES string of the molecule is Cc1[nH]cnc1C(=O)N1Cc2cccn2CC(Oc2ccccn2)C1. The highest BCUT2D eigenvalue weighted by atomic mass is 16.5. The zero-order chi connectivity index (χ0) is 17.2. The van der Waals surface area contributed by atoms with E-state index in [2.05, 4.69) is 19.5 Å². The first-order chi connectivity index (χ1) is 12.2. The van der Waals surface area contributed by atoms with Crippen LogP contribution in [-0.2, 0) is 13.1 Å². The van der Waals surface area contributed by atoms with Gasteiger partial charge in [0.1, 0.15) is 11.8 Å². The Balaban J connectivity index is 1.61. The molecular weight excluding hydrogens is 318 g/mol. The number of aromatic amines is 1. The van der Waals surface area contributed by atoms with Crippen molar-refractivity contribution in [3.8, 4) is 5.88 Å². The van der Waals surface area contributed by atoms with E-state index in [9.17, 15) is 4.79 Å². The summed E-state index contributed by atoms with van der Waals surface area (Å²) < 4.78 is 8.16. The second kappa shape index (κ2) is 6.43. The number of nitrogens with one attached hydrogen (secondary N) is 1. The number of nitrogens with zero attached hydrogens (tertiary/aromatic N) is 4. The van der Waals surface area contributed by atoms with E-state index in [1.807, 2.05) is 43.5 Å². The van der Waals surface area contributed by atoms with Gasteiger partial charge in [0, 0.05) is 29.8 Å². The van der Waals surface area contributed by atoms with Crippen LogP contribution in [0.4, 0.5) is 0 Å². The maximum atomic E-state index is 12.9. The monoisotopic (exact) mass is 337 g/mol. The van der Waals surface area contributed by atoms with Gasteiger partial charge in [-0.2, -0.15) is 0 Å². The van der Waals surface area contributed by atoms with Gasteiger partial charge in [0.25, 0.3) is 5.91 Å². The van der Waals surface area contributed by atoms with Gasteiger partial charge in [-0.15, -0.1) is 0 Å². The van der Waals surface area contributed by atoms with Crippen molar-refractivity contribution in [1.29, 1.82) is 0 Å². The van der Waals surface area contributed by atoms with E-state index in [4.69, 9.17) is 4.74 Å². The molecule has 128 valence electrons. The number of hydrogen-bond acceptors (Lipinski definition) is 4. The maximum absolute atomic E-state index is 12.9. The number of pyridine rings is 1. The number of carbonyl (C=O) groups is 1. The van der Waals surface area contributed by atoms with Crippen LogP contribution in [-0.4, -0.2) is 43.0 Å². The lowest BCUT2D eigenvalue weighted by Crippen LogP contribution is -2.39. The summed E-state index contributed by atoms with van der Waals surface area (Å²) in [5.41, 5.74) is 2.30. The Bertz CT molecular complexity index is 870. The lowest BCUT2D eigenvalue weighted by Gasteiger charge is -2.24. The average Bonchev–Trinajstić information content (AvgIpc) is 3.20. The molecule has 0 fully saturated rings. The third-order valence-corrected chi connectivity index (χ3v) is 4.35. The first kappa shape index (κ1) is 15.4. The Kier molecular flexibility index (Phi) is 3.97. The van der Waals surface area contributed by atoms with Crippen LogP contribution in [0.2, 0.25) is 0 Å². The zero-order valence-electron chi connectivity index (χ0n) is 13.9. The van der Waals surface area contributed by atoms with Crippen molar-refractivity contribution < 1.29 is 9.53 Å². The van der Waals surface area contributed by atoms with E-state index >= 15 is 0 Å². The molecule has 1 unspecified atom stereocenters. The minimum absolute atomic E-state index is 0.0944. The van der Waals surface area contributed by atoms with E-state index in [0.717, 1.165) is 11.4 Å². The van der Waals surface area contributed by atoms with Gasteiger partial charge >= 0.3 is 0 Å². The molecule has 3 aromatic rings. The summed E-state index contributed by atoms with van der Waals surface area (Å²) in [5, 5.41) is 0. The van der Waals surface area contributed by atoms with Crippen molar-refractivity contribution in [2.45, 2.75) is 26.1 Å². The number of ether oxygens (including phenoxy) is 1. The van der Waals surface area contributed by atoms with Crippen LogP contribution < -0.4 is 4.74 Å². The number of carbonyl (C=O) groups excluding carboxylic acids is 1. The van der Waals surface area contributed by atoms with Gasteiger partial charge in [0.2, 0.25) is 5.88 Å². The number of aromatic nitrogens is 4. The van der Waals surface area contributed by atoms with Gasteiger partial charge in [0.05, 0.1) is 26.0 Å². The van der Waals surface area contributed by atoms with Gasteiger partial charge in [-0.05, 0) is 25.1 Å².